The molecule has 0 saturated carbocycles. The molecule has 0 aliphatic carbocycles. The number of unbranched alkanes of at least 4 members (excludes halogenated alkanes) is 9. The second-order valence-electron chi connectivity index (χ2n) is 5.26. The summed E-state index contributed by atoms with van der Waals surface area (Å²) in [4.78, 5) is 11.2. The molecule has 114 valence electrons. The van der Waals surface area contributed by atoms with Crippen LogP contribution in [0.25, 0.3) is 0 Å². The van der Waals surface area contributed by atoms with Gasteiger partial charge < -0.3 is 5.73 Å². The van der Waals surface area contributed by atoms with Gasteiger partial charge in [-0.15, -0.1) is 11.8 Å². The van der Waals surface area contributed by atoms with Crippen molar-refractivity contribution in [1.82, 2.24) is 0 Å². The van der Waals surface area contributed by atoms with Gasteiger partial charge in [-0.3, -0.25) is 4.79 Å². The maximum Gasteiger partial charge on any atom is 0.157 e. The molecule has 0 spiro atoms. The predicted octanol–water partition coefficient (Wildman–Crippen LogP) is 4.73. The summed E-state index contributed by atoms with van der Waals surface area (Å²) in [5.41, 5.74) is 5.16. The minimum Gasteiger partial charge on any atom is -0.404 e. The number of nitrogens with two attached hydrogens (primary N) is 1. The smallest absolute Gasteiger partial charge is 0.157 e. The summed E-state index contributed by atoms with van der Waals surface area (Å²) in [6, 6.07) is 0. The van der Waals surface area contributed by atoms with Crippen LogP contribution in [0.1, 0.15) is 84.0 Å². The van der Waals surface area contributed by atoms with Crippen LogP contribution in [-0.4, -0.2) is 5.78 Å². The lowest BCUT2D eigenvalue weighted by molar-refractivity contribution is -0.114. The molecular weight excluding hydrogens is 246 g/mol. The average Bonchev–Trinajstić information content (AvgIpc) is 2.44. The van der Waals surface area contributed by atoms with Crippen molar-refractivity contribution in [2.45, 2.75) is 84.0 Å². The summed E-state index contributed by atoms with van der Waals surface area (Å²) in [5.74, 6) is 6.66. The summed E-state index contributed by atoms with van der Waals surface area (Å²) in [7, 11) is 0. The highest BCUT2D eigenvalue weighted by Gasteiger charge is 1.96. The molecule has 0 fully saturated rings. The maximum atomic E-state index is 11.2. The van der Waals surface area contributed by atoms with E-state index in [1.54, 1.807) is 0 Å². The molecule has 0 radical (unpaired) electrons. The van der Waals surface area contributed by atoms with E-state index >= 15 is 0 Å². The van der Waals surface area contributed by atoms with E-state index in [1.807, 2.05) is 0 Å². The Bertz CT molecular complexity index is 309. The molecule has 0 atom stereocenters. The Balaban J connectivity index is 3.20. The lowest BCUT2D eigenvalue weighted by Gasteiger charge is -1.98. The molecular formula is C18H31NO. The van der Waals surface area contributed by atoms with Crippen LogP contribution in [0.15, 0.2) is 12.3 Å². The third kappa shape index (κ3) is 14.8. The van der Waals surface area contributed by atoms with E-state index in [0.717, 1.165) is 25.7 Å². The van der Waals surface area contributed by atoms with Crippen molar-refractivity contribution < 1.29 is 4.79 Å². The third-order valence-corrected chi connectivity index (χ3v) is 3.29. The lowest BCUT2D eigenvalue weighted by atomic mass is 10.1. The van der Waals surface area contributed by atoms with Crippen LogP contribution in [0.4, 0.5) is 0 Å². The molecule has 0 aromatic heterocycles. The molecule has 0 heterocycles. The molecule has 0 aromatic carbocycles. The monoisotopic (exact) mass is 277 g/mol. The molecule has 0 saturated heterocycles. The number of rotatable bonds is 12. The highest BCUT2D eigenvalue weighted by molar-refractivity contribution is 5.89. The number of hydrogen-bond acceptors (Lipinski definition) is 2. The summed E-state index contributed by atoms with van der Waals surface area (Å²) in [5, 5.41) is 0. The van der Waals surface area contributed by atoms with Gasteiger partial charge in [0.15, 0.2) is 5.78 Å². The Hall–Kier alpha value is -1.23. The van der Waals surface area contributed by atoms with Crippen LogP contribution in [0.5, 0.6) is 0 Å². The molecule has 0 aliphatic rings. The fourth-order valence-electron chi connectivity index (χ4n) is 2.05. The van der Waals surface area contributed by atoms with Gasteiger partial charge in [-0.25, -0.2) is 0 Å². The minimum absolute atomic E-state index is 0.140. The van der Waals surface area contributed by atoms with Gasteiger partial charge in [0.1, 0.15) is 0 Å². The molecule has 2 heteroatoms. The fourth-order valence-corrected chi connectivity index (χ4v) is 2.05. The maximum absolute atomic E-state index is 11.2. The van der Waals surface area contributed by atoms with E-state index in [9.17, 15) is 4.79 Å². The van der Waals surface area contributed by atoms with E-state index in [2.05, 4.69) is 18.8 Å². The van der Waals surface area contributed by atoms with Crippen molar-refractivity contribution in [2.75, 3.05) is 0 Å². The Labute approximate surface area is 125 Å². The molecule has 0 bridgehead atoms. The van der Waals surface area contributed by atoms with Crippen LogP contribution in [-0.2, 0) is 4.79 Å². The van der Waals surface area contributed by atoms with Crippen LogP contribution in [0.3, 0.4) is 0 Å². The van der Waals surface area contributed by atoms with Gasteiger partial charge in [-0.2, -0.15) is 0 Å². The average molecular weight is 277 g/mol. The zero-order valence-corrected chi connectivity index (χ0v) is 13.1. The Kier molecular flexibility index (Phi) is 14.9. The molecule has 0 aromatic rings. The summed E-state index contributed by atoms with van der Waals surface area (Å²) in [6.45, 7) is 2.23. The molecule has 2 N–H and O–H groups in total. The highest BCUT2D eigenvalue weighted by Crippen LogP contribution is 2.07. The number of allylic oxidation sites excluding steroid dienone is 1. The molecule has 0 rings (SSSR count). The number of carbonyl (C=O) groups excluding carboxylic acids is 1. The standard InChI is InChI=1S/C18H31NO/c1-2-3-4-5-6-7-8-9-10-11-12-13-14-15-18(20)16-17-19/h16-17H,2-6,9-15,19H2,1H3/b17-16+. The number of carbonyl (C=O) groups is 1. The third-order valence-electron chi connectivity index (χ3n) is 3.29. The fraction of sp³-hybridized carbons (Fsp3) is 0.722. The van der Waals surface area contributed by atoms with E-state index in [0.29, 0.717) is 6.42 Å². The predicted molar refractivity (Wildman–Crippen MR) is 87.2 cm³/mol. The van der Waals surface area contributed by atoms with E-state index in [4.69, 9.17) is 5.73 Å². The van der Waals surface area contributed by atoms with Crippen molar-refractivity contribution >= 4 is 5.78 Å². The normalized spacial score (nSPS) is 10.4. The van der Waals surface area contributed by atoms with E-state index in [1.165, 1.54) is 57.2 Å². The van der Waals surface area contributed by atoms with Crippen molar-refractivity contribution in [3.63, 3.8) is 0 Å². The first-order chi connectivity index (χ1) is 9.81. The van der Waals surface area contributed by atoms with Crippen LogP contribution in [0, 0.1) is 11.8 Å². The first kappa shape index (κ1) is 18.8. The van der Waals surface area contributed by atoms with Crippen molar-refractivity contribution in [3.05, 3.63) is 12.3 Å². The number of hydrogen-bond donors (Lipinski definition) is 1. The summed E-state index contributed by atoms with van der Waals surface area (Å²) < 4.78 is 0. The van der Waals surface area contributed by atoms with E-state index < -0.39 is 0 Å². The Morgan fingerprint density at radius 3 is 2.05 bits per heavy atom. The molecule has 0 aliphatic heterocycles. The van der Waals surface area contributed by atoms with Gasteiger partial charge in [0.05, 0.1) is 0 Å². The van der Waals surface area contributed by atoms with Crippen molar-refractivity contribution in [2.24, 2.45) is 5.73 Å². The Morgan fingerprint density at radius 1 is 0.900 bits per heavy atom. The SMILES string of the molecule is CCCCCCC#CCCCCCCCC(=O)/C=C/N. The largest absolute Gasteiger partial charge is 0.404 e. The lowest BCUT2D eigenvalue weighted by Crippen LogP contribution is -1.94. The molecule has 20 heavy (non-hydrogen) atoms. The zero-order valence-electron chi connectivity index (χ0n) is 13.1. The van der Waals surface area contributed by atoms with Crippen LogP contribution in [0.2, 0.25) is 0 Å². The summed E-state index contributed by atoms with van der Waals surface area (Å²) in [6.07, 6.45) is 16.5. The van der Waals surface area contributed by atoms with Gasteiger partial charge in [-0.05, 0) is 31.5 Å². The van der Waals surface area contributed by atoms with E-state index in [-0.39, 0.29) is 5.78 Å². The van der Waals surface area contributed by atoms with Crippen LogP contribution < -0.4 is 5.73 Å². The molecule has 0 amide bonds. The Morgan fingerprint density at radius 2 is 1.45 bits per heavy atom. The second kappa shape index (κ2) is 15.8. The quantitative estimate of drug-likeness (QED) is 0.318. The van der Waals surface area contributed by atoms with Crippen LogP contribution >= 0.6 is 0 Å². The topological polar surface area (TPSA) is 43.1 Å². The summed E-state index contributed by atoms with van der Waals surface area (Å²) >= 11 is 0. The molecule has 0 unspecified atom stereocenters. The van der Waals surface area contributed by atoms with Gasteiger partial charge >= 0.3 is 0 Å². The zero-order chi connectivity index (χ0) is 14.9. The van der Waals surface area contributed by atoms with Gasteiger partial charge in [0.2, 0.25) is 0 Å². The first-order valence-corrected chi connectivity index (χ1v) is 8.18. The van der Waals surface area contributed by atoms with Gasteiger partial charge in [-0.1, -0.05) is 45.4 Å². The van der Waals surface area contributed by atoms with Crippen molar-refractivity contribution in [1.29, 1.82) is 0 Å². The van der Waals surface area contributed by atoms with Gasteiger partial charge in [0, 0.05) is 19.3 Å². The van der Waals surface area contributed by atoms with Gasteiger partial charge in [0.25, 0.3) is 0 Å². The van der Waals surface area contributed by atoms with Crippen molar-refractivity contribution in [3.8, 4) is 11.8 Å². The first-order valence-electron chi connectivity index (χ1n) is 8.18. The second-order valence-corrected chi connectivity index (χ2v) is 5.26. The molecule has 2 nitrogen and oxygen atoms in total. The number of ketones is 1. The minimum atomic E-state index is 0.140. The highest BCUT2D eigenvalue weighted by atomic mass is 16.1.